The molecule has 0 saturated carbocycles. The molecule has 2 N–H and O–H groups in total. The van der Waals surface area contributed by atoms with Crippen LogP contribution in [-0.4, -0.2) is 25.2 Å². The molecular weight excluding hydrogens is 246 g/mol. The molecule has 0 unspecified atom stereocenters. The number of rotatable bonds is 5. The molecule has 7 nitrogen and oxygen atoms in total. The van der Waals surface area contributed by atoms with Gasteiger partial charge in [0.15, 0.2) is 0 Å². The summed E-state index contributed by atoms with van der Waals surface area (Å²) in [5.74, 6) is 0.892. The minimum Gasteiger partial charge on any atom is -0.338 e. The van der Waals surface area contributed by atoms with E-state index in [0.717, 1.165) is 10.4 Å². The van der Waals surface area contributed by atoms with E-state index in [0.29, 0.717) is 13.0 Å². The lowest BCUT2D eigenvalue weighted by Crippen LogP contribution is -2.40. The number of hydrogen-bond donors (Lipinski definition) is 1. The maximum absolute atomic E-state index is 12.1. The van der Waals surface area contributed by atoms with Crippen LogP contribution >= 0.6 is 0 Å². The molecule has 2 heterocycles. The summed E-state index contributed by atoms with van der Waals surface area (Å²) in [6.45, 7) is 0.980. The smallest absolute Gasteiger partial charge is 0.331 e. The van der Waals surface area contributed by atoms with E-state index in [4.69, 9.17) is 5.73 Å². The van der Waals surface area contributed by atoms with Crippen molar-refractivity contribution >= 4 is 0 Å². The van der Waals surface area contributed by atoms with Crippen molar-refractivity contribution < 1.29 is 0 Å². The molecule has 0 bridgehead atoms. The van der Waals surface area contributed by atoms with Gasteiger partial charge in [-0.15, -0.1) is 0 Å². The van der Waals surface area contributed by atoms with Crippen molar-refractivity contribution in [1.29, 1.82) is 0 Å². The first-order chi connectivity index (χ1) is 9.13. The van der Waals surface area contributed by atoms with Gasteiger partial charge in [-0.25, -0.2) is 9.78 Å². The molecule has 7 heteroatoms. The van der Waals surface area contributed by atoms with Gasteiger partial charge in [0.25, 0.3) is 5.56 Å². The summed E-state index contributed by atoms with van der Waals surface area (Å²) in [6.07, 6.45) is 5.71. The summed E-state index contributed by atoms with van der Waals surface area (Å²) >= 11 is 0. The third kappa shape index (κ3) is 2.82. The summed E-state index contributed by atoms with van der Waals surface area (Å²) in [5, 5.41) is 0. The topological polar surface area (TPSA) is 87.8 Å². The summed E-state index contributed by atoms with van der Waals surface area (Å²) in [4.78, 5) is 27.8. The molecule has 2 rings (SSSR count). The van der Waals surface area contributed by atoms with Crippen LogP contribution < -0.4 is 17.0 Å². The van der Waals surface area contributed by atoms with E-state index in [1.54, 1.807) is 6.20 Å². The van der Waals surface area contributed by atoms with Gasteiger partial charge in [-0.2, -0.15) is 0 Å². The molecule has 102 valence electrons. The van der Waals surface area contributed by atoms with Crippen LogP contribution in [0.4, 0.5) is 0 Å². The van der Waals surface area contributed by atoms with E-state index in [1.165, 1.54) is 16.8 Å². The molecule has 0 aromatic carbocycles. The van der Waals surface area contributed by atoms with Crippen molar-refractivity contribution in [2.45, 2.75) is 19.5 Å². The Morgan fingerprint density at radius 2 is 2.05 bits per heavy atom. The fourth-order valence-electron chi connectivity index (χ4n) is 1.92. The second-order valence-corrected chi connectivity index (χ2v) is 4.27. The van der Waals surface area contributed by atoms with E-state index in [9.17, 15) is 9.59 Å². The van der Waals surface area contributed by atoms with Crippen LogP contribution in [0.1, 0.15) is 5.82 Å². The number of nitrogens with two attached hydrogens (primary N) is 1. The monoisotopic (exact) mass is 263 g/mol. The Kier molecular flexibility index (Phi) is 3.96. The van der Waals surface area contributed by atoms with Gasteiger partial charge in [0.05, 0.1) is 0 Å². The van der Waals surface area contributed by atoms with Crippen molar-refractivity contribution in [3.63, 3.8) is 0 Å². The minimum absolute atomic E-state index is 0.237. The van der Waals surface area contributed by atoms with E-state index >= 15 is 0 Å². The van der Waals surface area contributed by atoms with Crippen molar-refractivity contribution in [2.75, 3.05) is 6.54 Å². The Morgan fingerprint density at radius 3 is 2.68 bits per heavy atom. The zero-order valence-corrected chi connectivity index (χ0v) is 10.8. The highest BCUT2D eigenvalue weighted by Crippen LogP contribution is 1.96. The maximum atomic E-state index is 12.1. The molecule has 0 atom stereocenters. The lowest BCUT2D eigenvalue weighted by molar-refractivity contribution is 0.546. The standard InChI is InChI=1S/C12H17N5O2/c1-15-9-5-14-10(15)2-6-16-7-3-11(18)17(8-4-13)12(16)19/h3,5,7,9H,2,4,6,8,13H2,1H3. The van der Waals surface area contributed by atoms with E-state index in [-0.39, 0.29) is 24.3 Å². The molecule has 0 aliphatic carbocycles. The number of aryl methyl sites for hydroxylation is 3. The maximum Gasteiger partial charge on any atom is 0.331 e. The lowest BCUT2D eigenvalue weighted by atomic mass is 10.4. The Morgan fingerprint density at radius 1 is 1.26 bits per heavy atom. The highest BCUT2D eigenvalue weighted by atomic mass is 16.2. The van der Waals surface area contributed by atoms with Gasteiger partial charge in [0, 0.05) is 57.8 Å². The zero-order valence-electron chi connectivity index (χ0n) is 10.8. The third-order valence-electron chi connectivity index (χ3n) is 2.99. The Bertz CT molecular complexity index is 667. The number of aromatic nitrogens is 4. The van der Waals surface area contributed by atoms with E-state index in [1.807, 2.05) is 17.8 Å². The Hall–Kier alpha value is -2.15. The number of hydrogen-bond acceptors (Lipinski definition) is 4. The van der Waals surface area contributed by atoms with Crippen LogP contribution in [-0.2, 0) is 26.6 Å². The predicted molar refractivity (Wildman–Crippen MR) is 70.9 cm³/mol. The second kappa shape index (κ2) is 5.66. The van der Waals surface area contributed by atoms with E-state index in [2.05, 4.69) is 4.98 Å². The fraction of sp³-hybridized carbons (Fsp3) is 0.417. The van der Waals surface area contributed by atoms with Crippen LogP contribution in [0.25, 0.3) is 0 Å². The summed E-state index contributed by atoms with van der Waals surface area (Å²) < 4.78 is 4.56. The molecule has 0 amide bonds. The molecular formula is C12H17N5O2. The van der Waals surface area contributed by atoms with Crippen LogP contribution in [0, 0.1) is 0 Å². The van der Waals surface area contributed by atoms with Crippen molar-refractivity contribution in [3.05, 3.63) is 51.3 Å². The molecule has 0 fully saturated rings. The highest BCUT2D eigenvalue weighted by molar-refractivity contribution is 4.92. The van der Waals surface area contributed by atoms with Gasteiger partial charge in [-0.1, -0.05) is 0 Å². The Balaban J connectivity index is 2.22. The van der Waals surface area contributed by atoms with Gasteiger partial charge in [-0.05, 0) is 0 Å². The number of nitrogens with zero attached hydrogens (tertiary/aromatic N) is 4. The fourth-order valence-corrected chi connectivity index (χ4v) is 1.92. The molecule has 0 aliphatic rings. The quantitative estimate of drug-likeness (QED) is 0.745. The molecule has 0 aliphatic heterocycles. The third-order valence-corrected chi connectivity index (χ3v) is 2.99. The van der Waals surface area contributed by atoms with E-state index < -0.39 is 0 Å². The summed E-state index contributed by atoms with van der Waals surface area (Å²) in [6, 6.07) is 1.38. The van der Waals surface area contributed by atoms with Gasteiger partial charge < -0.3 is 10.3 Å². The van der Waals surface area contributed by atoms with Crippen LogP contribution in [0.3, 0.4) is 0 Å². The largest absolute Gasteiger partial charge is 0.338 e. The average Bonchev–Trinajstić information content (AvgIpc) is 2.79. The first kappa shape index (κ1) is 13.3. The first-order valence-corrected chi connectivity index (χ1v) is 6.10. The van der Waals surface area contributed by atoms with Crippen molar-refractivity contribution in [3.8, 4) is 0 Å². The predicted octanol–water partition coefficient (Wildman–Crippen LogP) is -1.06. The molecule has 2 aromatic heterocycles. The highest BCUT2D eigenvalue weighted by Gasteiger charge is 2.06. The summed E-state index contributed by atoms with van der Waals surface area (Å²) in [5.41, 5.74) is 4.76. The SMILES string of the molecule is Cn1ccnc1CCn1ccc(=O)n(CCN)c1=O. The van der Waals surface area contributed by atoms with Crippen LogP contribution in [0.5, 0.6) is 0 Å². The summed E-state index contributed by atoms with van der Waals surface area (Å²) in [7, 11) is 1.90. The second-order valence-electron chi connectivity index (χ2n) is 4.27. The van der Waals surface area contributed by atoms with Gasteiger partial charge in [0.2, 0.25) is 0 Å². The molecule has 0 saturated heterocycles. The van der Waals surface area contributed by atoms with Gasteiger partial charge in [0.1, 0.15) is 5.82 Å². The normalized spacial score (nSPS) is 10.8. The van der Waals surface area contributed by atoms with Gasteiger partial charge in [-0.3, -0.25) is 13.9 Å². The van der Waals surface area contributed by atoms with Crippen LogP contribution in [0.2, 0.25) is 0 Å². The van der Waals surface area contributed by atoms with Crippen LogP contribution in [0.15, 0.2) is 34.2 Å². The minimum atomic E-state index is -0.327. The zero-order chi connectivity index (χ0) is 13.8. The van der Waals surface area contributed by atoms with Crippen molar-refractivity contribution in [2.24, 2.45) is 12.8 Å². The molecule has 0 spiro atoms. The average molecular weight is 263 g/mol. The first-order valence-electron chi connectivity index (χ1n) is 6.10. The molecule has 19 heavy (non-hydrogen) atoms. The number of imidazole rings is 1. The lowest BCUT2D eigenvalue weighted by Gasteiger charge is -2.09. The van der Waals surface area contributed by atoms with Crippen molar-refractivity contribution in [1.82, 2.24) is 18.7 Å². The van der Waals surface area contributed by atoms with Gasteiger partial charge >= 0.3 is 5.69 Å². The molecule has 2 aromatic rings. The Labute approximate surface area is 109 Å². The molecule has 0 radical (unpaired) electrons.